The number of aromatic nitrogens is 2. The van der Waals surface area contributed by atoms with Crippen molar-refractivity contribution in [2.75, 3.05) is 0 Å². The summed E-state index contributed by atoms with van der Waals surface area (Å²) in [7, 11) is 0. The molecule has 4 heteroatoms. The Morgan fingerprint density at radius 2 is 2.12 bits per heavy atom. The standard InChI is InChI=1S/C12H11N3O/c13-7-6-11(16)10-8-14-15-12(10)9-4-2-1-3-5-9/h1-5,8,11,16H,6H2,(H,14,15). The van der Waals surface area contributed by atoms with Gasteiger partial charge in [0.2, 0.25) is 0 Å². The zero-order valence-electron chi connectivity index (χ0n) is 8.59. The molecule has 1 atom stereocenters. The molecule has 2 rings (SSSR count). The van der Waals surface area contributed by atoms with Gasteiger partial charge in [-0.3, -0.25) is 5.10 Å². The van der Waals surface area contributed by atoms with E-state index in [-0.39, 0.29) is 6.42 Å². The van der Waals surface area contributed by atoms with Crippen LogP contribution in [0.25, 0.3) is 11.3 Å². The van der Waals surface area contributed by atoms with E-state index in [1.54, 1.807) is 6.20 Å². The Kier molecular flexibility index (Phi) is 2.99. The fourth-order valence-corrected chi connectivity index (χ4v) is 1.58. The molecule has 0 spiro atoms. The molecule has 0 aliphatic rings. The molecule has 0 aliphatic carbocycles. The first-order chi connectivity index (χ1) is 7.83. The maximum atomic E-state index is 9.77. The highest BCUT2D eigenvalue weighted by Gasteiger charge is 2.15. The number of nitriles is 1. The Labute approximate surface area is 93.2 Å². The Bertz CT molecular complexity index is 498. The van der Waals surface area contributed by atoms with Crippen LogP contribution in [-0.2, 0) is 0 Å². The van der Waals surface area contributed by atoms with Crippen LogP contribution in [0.1, 0.15) is 18.1 Å². The van der Waals surface area contributed by atoms with Gasteiger partial charge >= 0.3 is 0 Å². The topological polar surface area (TPSA) is 72.7 Å². The lowest BCUT2D eigenvalue weighted by Gasteiger charge is -2.06. The predicted molar refractivity (Wildman–Crippen MR) is 59.2 cm³/mol. The minimum absolute atomic E-state index is 0.0688. The lowest BCUT2D eigenvalue weighted by molar-refractivity contribution is 0.184. The maximum absolute atomic E-state index is 9.77. The molecule has 1 unspecified atom stereocenters. The summed E-state index contributed by atoms with van der Waals surface area (Å²) in [5.41, 5.74) is 2.38. The highest BCUT2D eigenvalue weighted by molar-refractivity contribution is 5.62. The van der Waals surface area contributed by atoms with Crippen LogP contribution in [0.2, 0.25) is 0 Å². The average molecular weight is 213 g/mol. The van der Waals surface area contributed by atoms with E-state index in [1.807, 2.05) is 36.4 Å². The van der Waals surface area contributed by atoms with Crippen molar-refractivity contribution in [1.82, 2.24) is 10.2 Å². The number of nitrogens with zero attached hydrogens (tertiary/aromatic N) is 2. The molecule has 1 aromatic carbocycles. The SMILES string of the molecule is N#CCC(O)c1cn[nH]c1-c1ccccc1. The summed E-state index contributed by atoms with van der Waals surface area (Å²) in [5.74, 6) is 0. The van der Waals surface area contributed by atoms with Gasteiger partial charge in [-0.15, -0.1) is 0 Å². The quantitative estimate of drug-likeness (QED) is 0.819. The molecule has 4 nitrogen and oxygen atoms in total. The summed E-state index contributed by atoms with van der Waals surface area (Å²) in [6.07, 6.45) is 0.836. The van der Waals surface area contributed by atoms with Gasteiger partial charge in [0.15, 0.2) is 0 Å². The number of aromatic amines is 1. The molecule has 2 aromatic rings. The zero-order valence-corrected chi connectivity index (χ0v) is 8.59. The molecular formula is C12H11N3O. The molecule has 1 aromatic heterocycles. The number of aliphatic hydroxyl groups excluding tert-OH is 1. The van der Waals surface area contributed by atoms with Gasteiger partial charge in [-0.05, 0) is 5.56 Å². The summed E-state index contributed by atoms with van der Waals surface area (Å²) < 4.78 is 0. The number of nitrogens with one attached hydrogen (secondary N) is 1. The first-order valence-electron chi connectivity index (χ1n) is 4.96. The van der Waals surface area contributed by atoms with E-state index in [2.05, 4.69) is 10.2 Å². The molecule has 0 saturated carbocycles. The summed E-state index contributed by atoms with van der Waals surface area (Å²) in [4.78, 5) is 0. The van der Waals surface area contributed by atoms with E-state index in [1.165, 1.54) is 0 Å². The highest BCUT2D eigenvalue weighted by atomic mass is 16.3. The molecule has 0 aliphatic heterocycles. The molecule has 0 bridgehead atoms. The highest BCUT2D eigenvalue weighted by Crippen LogP contribution is 2.27. The second-order valence-corrected chi connectivity index (χ2v) is 3.44. The second kappa shape index (κ2) is 4.60. The van der Waals surface area contributed by atoms with Crippen LogP contribution in [0.3, 0.4) is 0 Å². The van der Waals surface area contributed by atoms with E-state index < -0.39 is 6.10 Å². The van der Waals surface area contributed by atoms with Crippen molar-refractivity contribution in [2.45, 2.75) is 12.5 Å². The van der Waals surface area contributed by atoms with E-state index >= 15 is 0 Å². The average Bonchev–Trinajstić information content (AvgIpc) is 2.79. The van der Waals surface area contributed by atoms with Crippen LogP contribution in [0.4, 0.5) is 0 Å². The summed E-state index contributed by atoms with van der Waals surface area (Å²) >= 11 is 0. The zero-order chi connectivity index (χ0) is 11.4. The van der Waals surface area contributed by atoms with Crippen molar-refractivity contribution < 1.29 is 5.11 Å². The fraction of sp³-hybridized carbons (Fsp3) is 0.167. The Morgan fingerprint density at radius 3 is 2.81 bits per heavy atom. The fourth-order valence-electron chi connectivity index (χ4n) is 1.58. The summed E-state index contributed by atoms with van der Waals surface area (Å²) in [5, 5.41) is 25.1. The van der Waals surface area contributed by atoms with E-state index in [9.17, 15) is 5.11 Å². The Hall–Kier alpha value is -2.12. The van der Waals surface area contributed by atoms with Crippen molar-refractivity contribution in [2.24, 2.45) is 0 Å². The van der Waals surface area contributed by atoms with Gasteiger partial charge in [0.25, 0.3) is 0 Å². The van der Waals surface area contributed by atoms with E-state index in [4.69, 9.17) is 5.26 Å². The number of rotatable bonds is 3. The second-order valence-electron chi connectivity index (χ2n) is 3.44. The summed E-state index contributed by atoms with van der Waals surface area (Å²) in [6.45, 7) is 0. The van der Waals surface area contributed by atoms with Crippen molar-refractivity contribution >= 4 is 0 Å². The van der Waals surface area contributed by atoms with Crippen LogP contribution in [0.15, 0.2) is 36.5 Å². The number of aliphatic hydroxyl groups is 1. The lowest BCUT2D eigenvalue weighted by Crippen LogP contribution is -1.96. The van der Waals surface area contributed by atoms with Gasteiger partial charge in [0.05, 0.1) is 30.5 Å². The Balaban J connectivity index is 2.37. The molecule has 16 heavy (non-hydrogen) atoms. The molecule has 0 fully saturated rings. The van der Waals surface area contributed by atoms with Gasteiger partial charge in [0, 0.05) is 5.56 Å². The van der Waals surface area contributed by atoms with Crippen LogP contribution >= 0.6 is 0 Å². The number of hydrogen-bond acceptors (Lipinski definition) is 3. The third-order valence-electron chi connectivity index (χ3n) is 2.37. The number of benzene rings is 1. The van der Waals surface area contributed by atoms with Crippen molar-refractivity contribution in [1.29, 1.82) is 5.26 Å². The van der Waals surface area contributed by atoms with Crippen LogP contribution in [0, 0.1) is 11.3 Å². The third kappa shape index (κ3) is 1.95. The van der Waals surface area contributed by atoms with Gasteiger partial charge < -0.3 is 5.11 Å². The van der Waals surface area contributed by atoms with Crippen LogP contribution < -0.4 is 0 Å². The van der Waals surface area contributed by atoms with Gasteiger partial charge in [-0.1, -0.05) is 30.3 Å². The lowest BCUT2D eigenvalue weighted by atomic mass is 10.0. The first-order valence-corrected chi connectivity index (χ1v) is 4.96. The molecule has 80 valence electrons. The van der Waals surface area contributed by atoms with Crippen molar-refractivity contribution in [3.05, 3.63) is 42.1 Å². The van der Waals surface area contributed by atoms with E-state index in [0.717, 1.165) is 11.3 Å². The normalized spacial score (nSPS) is 12.0. The van der Waals surface area contributed by atoms with Gasteiger partial charge in [-0.2, -0.15) is 10.4 Å². The van der Waals surface area contributed by atoms with Crippen molar-refractivity contribution in [3.63, 3.8) is 0 Å². The predicted octanol–water partition coefficient (Wildman–Crippen LogP) is 2.02. The molecule has 0 radical (unpaired) electrons. The first kappa shape index (κ1) is 10.4. The Morgan fingerprint density at radius 1 is 1.38 bits per heavy atom. The third-order valence-corrected chi connectivity index (χ3v) is 2.37. The molecule has 1 heterocycles. The van der Waals surface area contributed by atoms with Crippen LogP contribution in [-0.4, -0.2) is 15.3 Å². The van der Waals surface area contributed by atoms with E-state index in [0.29, 0.717) is 5.56 Å². The monoisotopic (exact) mass is 213 g/mol. The number of hydrogen-bond donors (Lipinski definition) is 2. The minimum Gasteiger partial charge on any atom is -0.387 e. The maximum Gasteiger partial charge on any atom is 0.0956 e. The molecule has 2 N–H and O–H groups in total. The largest absolute Gasteiger partial charge is 0.387 e. The smallest absolute Gasteiger partial charge is 0.0956 e. The molecular weight excluding hydrogens is 202 g/mol. The molecule has 0 saturated heterocycles. The van der Waals surface area contributed by atoms with Gasteiger partial charge in [0.1, 0.15) is 0 Å². The summed E-state index contributed by atoms with van der Waals surface area (Å²) in [6, 6.07) is 11.5. The van der Waals surface area contributed by atoms with Gasteiger partial charge in [-0.25, -0.2) is 0 Å². The molecule has 0 amide bonds. The number of H-pyrrole nitrogens is 1. The van der Waals surface area contributed by atoms with Crippen LogP contribution in [0.5, 0.6) is 0 Å². The van der Waals surface area contributed by atoms with Crippen molar-refractivity contribution in [3.8, 4) is 17.3 Å². The minimum atomic E-state index is -0.793.